The van der Waals surface area contributed by atoms with E-state index in [1.54, 1.807) is 35.2 Å². The fraction of sp³-hybridized carbons (Fsp3) is 0.360. The summed E-state index contributed by atoms with van der Waals surface area (Å²) in [5.41, 5.74) is 1.19. The maximum Gasteiger partial charge on any atom is 0.387 e. The minimum absolute atomic E-state index is 0.0396. The number of piperidine rings is 1. The van der Waals surface area contributed by atoms with Crippen LogP contribution in [-0.2, 0) is 4.79 Å². The van der Waals surface area contributed by atoms with Crippen molar-refractivity contribution in [1.29, 1.82) is 0 Å². The average Bonchev–Trinajstić information content (AvgIpc) is 2.87. The number of ether oxygens (including phenoxy) is 4. The van der Waals surface area contributed by atoms with Crippen LogP contribution < -0.4 is 18.9 Å². The average molecular weight is 473 g/mol. The van der Waals surface area contributed by atoms with E-state index in [-0.39, 0.29) is 29.1 Å². The topological polar surface area (TPSA) is 74.3 Å². The Kier molecular flexibility index (Phi) is 7.30. The normalized spacial score (nSPS) is 16.1. The molecule has 2 aromatic rings. The van der Waals surface area contributed by atoms with Crippen molar-refractivity contribution in [1.82, 2.24) is 4.90 Å². The fourth-order valence-electron chi connectivity index (χ4n) is 4.05. The number of hydrogen-bond donors (Lipinski definition) is 0. The third-order valence-electron chi connectivity index (χ3n) is 5.83. The maximum atomic E-state index is 12.9. The van der Waals surface area contributed by atoms with Crippen LogP contribution in [0, 0.1) is 5.92 Å². The summed E-state index contributed by atoms with van der Waals surface area (Å²) < 4.78 is 45.5. The van der Waals surface area contributed by atoms with Gasteiger partial charge in [0.2, 0.25) is 5.91 Å². The molecule has 2 aliphatic rings. The van der Waals surface area contributed by atoms with Crippen molar-refractivity contribution in [3.05, 3.63) is 53.6 Å². The lowest BCUT2D eigenvalue weighted by molar-refractivity contribution is -0.127. The van der Waals surface area contributed by atoms with E-state index in [1.807, 2.05) is 0 Å². The van der Waals surface area contributed by atoms with Crippen LogP contribution in [0.3, 0.4) is 0 Å². The molecule has 7 nitrogen and oxygen atoms in total. The Labute approximate surface area is 195 Å². The first-order valence-corrected chi connectivity index (χ1v) is 11.0. The number of amides is 1. The molecule has 2 heterocycles. The number of halogens is 2. The summed E-state index contributed by atoms with van der Waals surface area (Å²) in [6.45, 7) is -1.07. The second-order valence-corrected chi connectivity index (χ2v) is 7.94. The number of hydrogen-bond acceptors (Lipinski definition) is 6. The fourth-order valence-corrected chi connectivity index (χ4v) is 4.05. The van der Waals surface area contributed by atoms with Crippen molar-refractivity contribution in [3.63, 3.8) is 0 Å². The van der Waals surface area contributed by atoms with Gasteiger partial charge in [0.1, 0.15) is 13.2 Å². The molecule has 0 radical (unpaired) electrons. The lowest BCUT2D eigenvalue weighted by Gasteiger charge is -2.30. The van der Waals surface area contributed by atoms with E-state index in [2.05, 4.69) is 4.74 Å². The SMILES string of the molecule is COc1cc(/C=C/C(=O)N2CCC(C(=O)c3ccc4c(c3)OCCO4)CC2)ccc1OC(F)F. The molecule has 0 atom stereocenters. The van der Waals surface area contributed by atoms with E-state index in [0.29, 0.717) is 61.8 Å². The summed E-state index contributed by atoms with van der Waals surface area (Å²) in [5, 5.41) is 0. The number of carbonyl (C=O) groups is 2. The summed E-state index contributed by atoms with van der Waals surface area (Å²) in [7, 11) is 1.35. The molecule has 180 valence electrons. The Balaban J connectivity index is 1.33. The lowest BCUT2D eigenvalue weighted by atomic mass is 9.88. The van der Waals surface area contributed by atoms with Crippen molar-refractivity contribution >= 4 is 17.8 Å². The first kappa shape index (κ1) is 23.5. The molecule has 9 heteroatoms. The van der Waals surface area contributed by atoms with Gasteiger partial charge in [-0.25, -0.2) is 0 Å². The zero-order valence-electron chi connectivity index (χ0n) is 18.7. The standard InChI is InChI=1S/C25H25F2NO6/c1-31-21-14-16(2-5-20(21)34-25(26)27)3-7-23(29)28-10-8-17(9-11-28)24(30)18-4-6-19-22(15-18)33-13-12-32-19/h2-7,14-15,17,25H,8-13H2,1H3/b7-3+. The Hall–Kier alpha value is -3.62. The van der Waals surface area contributed by atoms with Crippen molar-refractivity contribution < 1.29 is 37.3 Å². The molecular weight excluding hydrogens is 448 g/mol. The quantitative estimate of drug-likeness (QED) is 0.443. The number of Topliss-reactive ketones (excluding diaryl/α,β-unsaturated/α-hetero) is 1. The van der Waals surface area contributed by atoms with E-state index < -0.39 is 6.61 Å². The summed E-state index contributed by atoms with van der Waals surface area (Å²) in [5.74, 6) is 0.986. The molecule has 1 fully saturated rings. The number of methoxy groups -OCH3 is 1. The maximum absolute atomic E-state index is 12.9. The van der Waals surface area contributed by atoms with E-state index in [0.717, 1.165) is 0 Å². The molecule has 1 amide bonds. The van der Waals surface area contributed by atoms with Gasteiger partial charge in [0, 0.05) is 30.6 Å². The van der Waals surface area contributed by atoms with E-state index in [1.165, 1.54) is 25.3 Å². The van der Waals surface area contributed by atoms with Gasteiger partial charge in [-0.2, -0.15) is 8.78 Å². The van der Waals surface area contributed by atoms with Crippen LogP contribution in [0.1, 0.15) is 28.8 Å². The molecule has 0 unspecified atom stereocenters. The van der Waals surface area contributed by atoms with Crippen LogP contribution in [0.5, 0.6) is 23.0 Å². The zero-order chi connectivity index (χ0) is 24.1. The second-order valence-electron chi connectivity index (χ2n) is 7.94. The minimum Gasteiger partial charge on any atom is -0.493 e. The molecule has 0 aliphatic carbocycles. The van der Waals surface area contributed by atoms with Gasteiger partial charge in [0.15, 0.2) is 28.8 Å². The summed E-state index contributed by atoms with van der Waals surface area (Å²) >= 11 is 0. The predicted molar refractivity (Wildman–Crippen MR) is 120 cm³/mol. The number of alkyl halides is 2. The zero-order valence-corrected chi connectivity index (χ0v) is 18.7. The Bertz CT molecular complexity index is 1080. The van der Waals surface area contributed by atoms with Gasteiger partial charge in [-0.1, -0.05) is 6.07 Å². The third-order valence-corrected chi connectivity index (χ3v) is 5.83. The van der Waals surface area contributed by atoms with Crippen molar-refractivity contribution in [2.75, 3.05) is 33.4 Å². The van der Waals surface area contributed by atoms with Gasteiger partial charge in [-0.05, 0) is 54.8 Å². The molecule has 0 aromatic heterocycles. The molecule has 0 bridgehead atoms. The van der Waals surface area contributed by atoms with E-state index in [9.17, 15) is 18.4 Å². The third kappa shape index (κ3) is 5.47. The van der Waals surface area contributed by atoms with Crippen LogP contribution in [0.15, 0.2) is 42.5 Å². The highest BCUT2D eigenvalue weighted by molar-refractivity contribution is 5.99. The molecule has 1 saturated heterocycles. The molecule has 2 aliphatic heterocycles. The van der Waals surface area contributed by atoms with Gasteiger partial charge >= 0.3 is 6.61 Å². The van der Waals surface area contributed by atoms with Crippen LogP contribution >= 0.6 is 0 Å². The molecule has 0 spiro atoms. The number of rotatable bonds is 7. The molecule has 34 heavy (non-hydrogen) atoms. The van der Waals surface area contributed by atoms with Crippen molar-refractivity contribution in [2.24, 2.45) is 5.92 Å². The summed E-state index contributed by atoms with van der Waals surface area (Å²) in [4.78, 5) is 27.2. The first-order chi connectivity index (χ1) is 16.4. The van der Waals surface area contributed by atoms with E-state index >= 15 is 0 Å². The monoisotopic (exact) mass is 473 g/mol. The molecule has 4 rings (SSSR count). The largest absolute Gasteiger partial charge is 0.493 e. The van der Waals surface area contributed by atoms with Crippen LogP contribution in [0.2, 0.25) is 0 Å². The van der Waals surface area contributed by atoms with Gasteiger partial charge in [0.25, 0.3) is 0 Å². The van der Waals surface area contributed by atoms with Crippen LogP contribution in [-0.4, -0.2) is 56.6 Å². The number of carbonyl (C=O) groups excluding carboxylic acids is 2. The van der Waals surface area contributed by atoms with Crippen LogP contribution in [0.4, 0.5) is 8.78 Å². The highest BCUT2D eigenvalue weighted by Crippen LogP contribution is 2.33. The summed E-state index contributed by atoms with van der Waals surface area (Å²) in [6.07, 6.45) is 4.15. The van der Waals surface area contributed by atoms with E-state index in [4.69, 9.17) is 14.2 Å². The Morgan fingerprint density at radius 2 is 1.76 bits per heavy atom. The molecule has 2 aromatic carbocycles. The van der Waals surface area contributed by atoms with Crippen LogP contribution in [0.25, 0.3) is 6.08 Å². The number of nitrogens with zero attached hydrogens (tertiary/aromatic N) is 1. The molecule has 0 saturated carbocycles. The number of fused-ring (bicyclic) bond motifs is 1. The smallest absolute Gasteiger partial charge is 0.387 e. The van der Waals surface area contributed by atoms with Gasteiger partial charge in [-0.15, -0.1) is 0 Å². The highest BCUT2D eigenvalue weighted by atomic mass is 19.3. The highest BCUT2D eigenvalue weighted by Gasteiger charge is 2.28. The number of benzene rings is 2. The Morgan fingerprint density at radius 3 is 2.47 bits per heavy atom. The second kappa shape index (κ2) is 10.5. The minimum atomic E-state index is -2.96. The van der Waals surface area contributed by atoms with Crippen molar-refractivity contribution in [2.45, 2.75) is 19.5 Å². The van der Waals surface area contributed by atoms with Gasteiger partial charge in [0.05, 0.1) is 7.11 Å². The molecular formula is C25H25F2NO6. The summed E-state index contributed by atoms with van der Waals surface area (Å²) in [6, 6.07) is 9.67. The first-order valence-electron chi connectivity index (χ1n) is 11.0. The predicted octanol–water partition coefficient (Wildman–Crippen LogP) is 4.20. The number of likely N-dealkylation sites (tertiary alicyclic amines) is 1. The van der Waals surface area contributed by atoms with Gasteiger partial charge < -0.3 is 23.8 Å². The number of ketones is 1. The Morgan fingerprint density at radius 1 is 1.03 bits per heavy atom. The lowest BCUT2D eigenvalue weighted by Crippen LogP contribution is -2.39. The molecule has 0 N–H and O–H groups in total. The van der Waals surface area contributed by atoms with Gasteiger partial charge in [-0.3, -0.25) is 9.59 Å². The van der Waals surface area contributed by atoms with Crippen molar-refractivity contribution in [3.8, 4) is 23.0 Å².